The lowest BCUT2D eigenvalue weighted by Crippen LogP contribution is -2.52. The standard InChI is InChI=1S/C23H26Cl2N4O3/c1-13(30)21-16-6-2-3-7-17(16)28(27-21)12-20(31)29-18-9-14(18)10-19(29)22(32)26-15-5-4-8-23(24,25)11-15/h2-3,6-7,14-15,18-19H,4-5,8-12H2,1H3,(H,26,32)/t14-,15?,18?,19+/m1/s1. The van der Waals surface area contributed by atoms with E-state index in [0.29, 0.717) is 24.5 Å². The van der Waals surface area contributed by atoms with Crippen molar-refractivity contribution in [1.82, 2.24) is 20.0 Å². The monoisotopic (exact) mass is 476 g/mol. The van der Waals surface area contributed by atoms with Gasteiger partial charge in [0, 0.05) is 30.8 Å². The number of nitrogens with one attached hydrogen (secondary N) is 1. The van der Waals surface area contributed by atoms with E-state index < -0.39 is 10.4 Å². The van der Waals surface area contributed by atoms with E-state index in [1.807, 2.05) is 24.3 Å². The Hall–Kier alpha value is -2.12. The molecule has 170 valence electrons. The van der Waals surface area contributed by atoms with Crippen LogP contribution in [0.5, 0.6) is 0 Å². The van der Waals surface area contributed by atoms with Crippen molar-refractivity contribution in [1.29, 1.82) is 0 Å². The molecular weight excluding hydrogens is 451 g/mol. The molecule has 2 aliphatic carbocycles. The molecule has 0 spiro atoms. The van der Waals surface area contributed by atoms with Crippen LogP contribution in [0.1, 0.15) is 55.9 Å². The van der Waals surface area contributed by atoms with Gasteiger partial charge >= 0.3 is 0 Å². The first-order chi connectivity index (χ1) is 15.2. The SMILES string of the molecule is CC(=O)c1nn(CC(=O)N2C3C[C@@H]3C[C@H]2C(=O)NC2CCCC(Cl)(Cl)C2)c2ccccc12. The van der Waals surface area contributed by atoms with Gasteiger partial charge in [-0.1, -0.05) is 18.2 Å². The topological polar surface area (TPSA) is 84.3 Å². The van der Waals surface area contributed by atoms with Gasteiger partial charge in [0.25, 0.3) is 0 Å². The summed E-state index contributed by atoms with van der Waals surface area (Å²) in [6, 6.07) is 6.94. The number of amides is 2. The highest BCUT2D eigenvalue weighted by atomic mass is 35.5. The van der Waals surface area contributed by atoms with Crippen molar-refractivity contribution in [2.75, 3.05) is 0 Å². The molecule has 1 aromatic heterocycles. The van der Waals surface area contributed by atoms with Crippen LogP contribution in [0, 0.1) is 5.92 Å². The van der Waals surface area contributed by atoms with Crippen LogP contribution in [0.3, 0.4) is 0 Å². The average molecular weight is 477 g/mol. The number of para-hydroxylation sites is 1. The van der Waals surface area contributed by atoms with Crippen LogP contribution < -0.4 is 5.32 Å². The molecule has 2 heterocycles. The summed E-state index contributed by atoms with van der Waals surface area (Å²) in [6.07, 6.45) is 4.56. The maximum atomic E-state index is 13.3. The Bertz CT molecular complexity index is 1100. The zero-order valence-electron chi connectivity index (χ0n) is 17.9. The third-order valence-corrected chi connectivity index (χ3v) is 7.64. The average Bonchev–Trinajstić information content (AvgIpc) is 3.23. The number of carbonyl (C=O) groups excluding carboxylic acids is 3. The molecule has 1 N–H and O–H groups in total. The number of hydrogen-bond acceptors (Lipinski definition) is 4. The summed E-state index contributed by atoms with van der Waals surface area (Å²) in [7, 11) is 0. The molecule has 5 rings (SSSR count). The summed E-state index contributed by atoms with van der Waals surface area (Å²) < 4.78 is 0.772. The van der Waals surface area contributed by atoms with Gasteiger partial charge in [0.15, 0.2) is 5.78 Å². The van der Waals surface area contributed by atoms with Gasteiger partial charge in [-0.15, -0.1) is 23.2 Å². The lowest BCUT2D eigenvalue weighted by molar-refractivity contribution is -0.140. The second-order valence-corrected chi connectivity index (χ2v) is 11.0. The lowest BCUT2D eigenvalue weighted by atomic mass is 9.94. The van der Waals surface area contributed by atoms with Crippen molar-refractivity contribution < 1.29 is 14.4 Å². The zero-order chi connectivity index (χ0) is 22.6. The molecule has 2 saturated carbocycles. The van der Waals surface area contributed by atoms with E-state index in [9.17, 15) is 14.4 Å². The van der Waals surface area contributed by atoms with Crippen molar-refractivity contribution in [3.8, 4) is 0 Å². The Morgan fingerprint density at radius 1 is 1.22 bits per heavy atom. The Kier molecular flexibility index (Phi) is 5.45. The van der Waals surface area contributed by atoms with E-state index in [2.05, 4.69) is 10.4 Å². The molecule has 3 aliphatic rings. The lowest BCUT2D eigenvalue weighted by Gasteiger charge is -2.34. The molecule has 0 bridgehead atoms. The molecule has 2 unspecified atom stereocenters. The number of aromatic nitrogens is 2. The molecule has 1 saturated heterocycles. The minimum atomic E-state index is -0.806. The normalized spacial score (nSPS) is 28.4. The highest BCUT2D eigenvalue weighted by Crippen LogP contribution is 2.48. The van der Waals surface area contributed by atoms with Gasteiger partial charge in [-0.2, -0.15) is 5.10 Å². The summed E-state index contributed by atoms with van der Waals surface area (Å²) in [6.45, 7) is 1.47. The van der Waals surface area contributed by atoms with E-state index in [-0.39, 0.29) is 36.2 Å². The van der Waals surface area contributed by atoms with Gasteiger partial charge in [0.1, 0.15) is 22.6 Å². The number of ketones is 1. The number of benzene rings is 1. The van der Waals surface area contributed by atoms with E-state index in [1.54, 1.807) is 9.58 Å². The second kappa shape index (κ2) is 8.03. The zero-order valence-corrected chi connectivity index (χ0v) is 19.4. The van der Waals surface area contributed by atoms with Crippen LogP contribution in [0.2, 0.25) is 0 Å². The van der Waals surface area contributed by atoms with E-state index in [1.165, 1.54) is 6.92 Å². The number of carbonyl (C=O) groups is 3. The van der Waals surface area contributed by atoms with Gasteiger partial charge < -0.3 is 10.2 Å². The Balaban J connectivity index is 1.33. The minimum Gasteiger partial charge on any atom is -0.351 e. The number of alkyl halides is 2. The fourth-order valence-corrected chi connectivity index (χ4v) is 6.00. The van der Waals surface area contributed by atoms with Crippen molar-refractivity contribution in [2.24, 2.45) is 5.92 Å². The molecule has 1 aromatic carbocycles. The van der Waals surface area contributed by atoms with E-state index >= 15 is 0 Å². The molecule has 7 nitrogen and oxygen atoms in total. The molecule has 9 heteroatoms. The number of rotatable bonds is 5. The minimum absolute atomic E-state index is 0.00328. The maximum Gasteiger partial charge on any atom is 0.245 e. The van der Waals surface area contributed by atoms with Crippen molar-refractivity contribution in [3.05, 3.63) is 30.0 Å². The molecular formula is C23H26Cl2N4O3. The van der Waals surface area contributed by atoms with Gasteiger partial charge in [0.2, 0.25) is 11.8 Å². The first kappa shape index (κ1) is 21.7. The first-order valence-electron chi connectivity index (χ1n) is 11.2. The van der Waals surface area contributed by atoms with Crippen LogP contribution in [0.25, 0.3) is 10.9 Å². The number of nitrogens with zero attached hydrogens (tertiary/aromatic N) is 3. The van der Waals surface area contributed by atoms with Crippen LogP contribution in [-0.2, 0) is 16.1 Å². The third kappa shape index (κ3) is 4.01. The highest BCUT2D eigenvalue weighted by molar-refractivity contribution is 6.48. The van der Waals surface area contributed by atoms with Crippen LogP contribution in [0.15, 0.2) is 24.3 Å². The molecule has 4 atom stereocenters. The fraction of sp³-hybridized carbons (Fsp3) is 0.565. The van der Waals surface area contributed by atoms with Crippen molar-refractivity contribution in [2.45, 2.75) is 74.5 Å². The maximum absolute atomic E-state index is 13.3. The van der Waals surface area contributed by atoms with Crippen molar-refractivity contribution >= 4 is 51.7 Å². The number of likely N-dealkylation sites (tertiary alicyclic amines) is 1. The number of fused-ring (bicyclic) bond motifs is 2. The Morgan fingerprint density at radius 3 is 2.75 bits per heavy atom. The largest absolute Gasteiger partial charge is 0.351 e. The Labute approximate surface area is 196 Å². The van der Waals surface area contributed by atoms with E-state index in [0.717, 1.165) is 36.6 Å². The predicted octanol–water partition coefficient (Wildman–Crippen LogP) is 3.46. The highest BCUT2D eigenvalue weighted by Gasteiger charge is 2.56. The van der Waals surface area contributed by atoms with E-state index in [4.69, 9.17) is 23.2 Å². The number of piperidine rings is 1. The molecule has 2 amide bonds. The van der Waals surface area contributed by atoms with Crippen LogP contribution in [-0.4, -0.2) is 54.7 Å². The summed E-state index contributed by atoms with van der Waals surface area (Å²) in [4.78, 5) is 40.2. The molecule has 3 fully saturated rings. The van der Waals surface area contributed by atoms with Crippen LogP contribution in [0.4, 0.5) is 0 Å². The summed E-state index contributed by atoms with van der Waals surface area (Å²) in [5, 5.41) is 8.23. The number of Topliss-reactive ketones (excluding diaryl/α,β-unsaturated/α-hetero) is 1. The number of hydrogen-bond donors (Lipinski definition) is 1. The molecule has 1 aliphatic heterocycles. The smallest absolute Gasteiger partial charge is 0.245 e. The van der Waals surface area contributed by atoms with Gasteiger partial charge in [-0.05, 0) is 44.1 Å². The van der Waals surface area contributed by atoms with Gasteiger partial charge in [0.05, 0.1) is 5.52 Å². The van der Waals surface area contributed by atoms with Gasteiger partial charge in [-0.25, -0.2) is 0 Å². The Morgan fingerprint density at radius 2 is 2.00 bits per heavy atom. The van der Waals surface area contributed by atoms with Gasteiger partial charge in [-0.3, -0.25) is 19.1 Å². The first-order valence-corrected chi connectivity index (χ1v) is 11.9. The molecule has 0 radical (unpaired) electrons. The fourth-order valence-electron chi connectivity index (χ4n) is 5.36. The van der Waals surface area contributed by atoms with Crippen LogP contribution >= 0.6 is 23.2 Å². The van der Waals surface area contributed by atoms with Crippen molar-refractivity contribution in [3.63, 3.8) is 0 Å². The summed E-state index contributed by atoms with van der Waals surface area (Å²) in [5.74, 6) is -0.0407. The molecule has 32 heavy (non-hydrogen) atoms. The quantitative estimate of drug-likeness (QED) is 0.528. The summed E-state index contributed by atoms with van der Waals surface area (Å²) in [5.41, 5.74) is 1.10. The molecule has 2 aromatic rings. The number of halogens is 2. The summed E-state index contributed by atoms with van der Waals surface area (Å²) >= 11 is 12.6. The second-order valence-electron chi connectivity index (χ2n) is 9.35. The predicted molar refractivity (Wildman–Crippen MR) is 122 cm³/mol. The third-order valence-electron chi connectivity index (χ3n) is 6.96.